The Labute approximate surface area is 212 Å². The van der Waals surface area contributed by atoms with E-state index in [1.165, 1.54) is 9.80 Å². The number of amides is 2. The van der Waals surface area contributed by atoms with Crippen LogP contribution in [0.15, 0.2) is 59.7 Å². The molecule has 5 N–H and O–H groups in total. The highest BCUT2D eigenvalue weighted by Crippen LogP contribution is 2.60. The molecule has 4 heterocycles. The fourth-order valence-electron chi connectivity index (χ4n) is 6.89. The Balaban J connectivity index is 1.68. The van der Waals surface area contributed by atoms with Crippen LogP contribution in [-0.4, -0.2) is 75.1 Å². The Morgan fingerprint density at radius 2 is 1.65 bits per heavy atom. The van der Waals surface area contributed by atoms with Crippen molar-refractivity contribution >= 4 is 45.5 Å². The Morgan fingerprint density at radius 3 is 2.30 bits per heavy atom. The number of nitrogens with two attached hydrogens (primary N) is 1. The third-order valence-corrected chi connectivity index (χ3v) is 8.60. The molecule has 0 bridgehead atoms. The third kappa shape index (κ3) is 2.31. The van der Waals surface area contributed by atoms with Gasteiger partial charge in [0.15, 0.2) is 17.0 Å². The smallest absolute Gasteiger partial charge is 0.261 e. The summed E-state index contributed by atoms with van der Waals surface area (Å²) < 4.78 is 0. The summed E-state index contributed by atoms with van der Waals surface area (Å²) >= 11 is 0. The Hall–Kier alpha value is -4.60. The minimum atomic E-state index is -1.44. The summed E-state index contributed by atoms with van der Waals surface area (Å²) in [6, 6.07) is 15.6. The van der Waals surface area contributed by atoms with Crippen LogP contribution in [0.4, 0.5) is 0 Å². The van der Waals surface area contributed by atoms with Gasteiger partial charge >= 0.3 is 0 Å². The molecule has 4 aromatic rings. The molecule has 1 saturated heterocycles. The molecule has 1 aliphatic carbocycles. The summed E-state index contributed by atoms with van der Waals surface area (Å²) in [6.07, 6.45) is 2.13. The molecule has 0 saturated carbocycles. The number of para-hydroxylation sites is 2. The zero-order chi connectivity index (χ0) is 25.9. The second-order valence-corrected chi connectivity index (χ2v) is 10.2. The first-order chi connectivity index (χ1) is 17.7. The summed E-state index contributed by atoms with van der Waals surface area (Å²) in [6.45, 7) is 0. The van der Waals surface area contributed by atoms with Gasteiger partial charge in [-0.05, 0) is 23.3 Å². The van der Waals surface area contributed by atoms with Crippen LogP contribution in [0, 0.1) is 5.41 Å². The minimum absolute atomic E-state index is 0.0484. The lowest BCUT2D eigenvalue weighted by molar-refractivity contribution is -0.139. The highest BCUT2D eigenvalue weighted by Gasteiger charge is 2.72. The van der Waals surface area contributed by atoms with Gasteiger partial charge in [-0.2, -0.15) is 0 Å². The zero-order valence-corrected chi connectivity index (χ0v) is 20.7. The largest absolute Gasteiger partial charge is 0.369 e. The van der Waals surface area contributed by atoms with Gasteiger partial charge in [-0.1, -0.05) is 36.4 Å². The monoisotopic (exact) mass is 494 g/mol. The Bertz CT molecular complexity index is 1720. The number of benzene rings is 2. The summed E-state index contributed by atoms with van der Waals surface area (Å²) in [4.78, 5) is 44.9. The predicted molar refractivity (Wildman–Crippen MR) is 140 cm³/mol. The van der Waals surface area contributed by atoms with Crippen molar-refractivity contribution in [3.63, 3.8) is 0 Å². The molecule has 2 aromatic carbocycles. The molecule has 1 fully saturated rings. The second kappa shape index (κ2) is 6.78. The quantitative estimate of drug-likeness (QED) is 0.322. The van der Waals surface area contributed by atoms with Crippen molar-refractivity contribution in [2.24, 2.45) is 10.7 Å². The molecule has 3 aliphatic rings. The molecule has 10 nitrogen and oxygen atoms in total. The molecule has 0 radical (unpaired) electrons. The van der Waals surface area contributed by atoms with Gasteiger partial charge in [-0.15, -0.1) is 0 Å². The van der Waals surface area contributed by atoms with Crippen molar-refractivity contribution < 1.29 is 9.59 Å². The minimum Gasteiger partial charge on any atom is -0.369 e. The lowest BCUT2D eigenvalue weighted by Gasteiger charge is -2.50. The average Bonchev–Trinajstić information content (AvgIpc) is 3.59. The van der Waals surface area contributed by atoms with E-state index >= 15 is 0 Å². The number of rotatable bonds is 1. The van der Waals surface area contributed by atoms with Gasteiger partial charge in [-0.25, -0.2) is 4.99 Å². The van der Waals surface area contributed by atoms with Crippen molar-refractivity contribution in [1.82, 2.24) is 24.7 Å². The van der Waals surface area contributed by atoms with E-state index in [9.17, 15) is 9.59 Å². The average molecular weight is 495 g/mol. The first-order valence-electron chi connectivity index (χ1n) is 12.1. The summed E-state index contributed by atoms with van der Waals surface area (Å²) in [5.41, 5.74) is 7.54. The zero-order valence-electron chi connectivity index (χ0n) is 20.7. The van der Waals surface area contributed by atoms with Gasteiger partial charge in [0.25, 0.3) is 11.8 Å². The van der Waals surface area contributed by atoms with Gasteiger partial charge in [0, 0.05) is 55.6 Å². The van der Waals surface area contributed by atoms with E-state index in [2.05, 4.69) is 9.97 Å². The first kappa shape index (κ1) is 21.7. The number of carbonyl (C=O) groups is 2. The number of nitrogens with one attached hydrogen (secondary N) is 3. The van der Waals surface area contributed by atoms with E-state index in [-0.39, 0.29) is 30.2 Å². The van der Waals surface area contributed by atoms with Gasteiger partial charge in [-0.3, -0.25) is 24.8 Å². The number of H-pyrrole nitrogens is 2. The molecule has 37 heavy (non-hydrogen) atoms. The van der Waals surface area contributed by atoms with Gasteiger partial charge < -0.3 is 20.6 Å². The molecule has 3 atom stereocenters. The standard InChI is InChI=1S/C27H26N8O2/c1-33-22(36)26(32-24(33)28)12-16-14-8-5-7-11-19(14)31-21(16)27(23(37)34(2)25(29)35(27)3)20(26)17-13-30-18-10-6-4-9-15(17)18/h4-11,13,20,29-31H,12H2,1-3H3,(H2,28,32). The number of guanidine groups is 2. The number of aromatic nitrogens is 2. The Morgan fingerprint density at radius 1 is 0.973 bits per heavy atom. The Kier molecular flexibility index (Phi) is 3.97. The van der Waals surface area contributed by atoms with E-state index in [0.29, 0.717) is 5.69 Å². The van der Waals surface area contributed by atoms with Crippen molar-refractivity contribution in [3.8, 4) is 0 Å². The van der Waals surface area contributed by atoms with E-state index in [1.54, 1.807) is 26.0 Å². The maximum absolute atomic E-state index is 14.5. The summed E-state index contributed by atoms with van der Waals surface area (Å²) in [5, 5.41) is 10.7. The molecular weight excluding hydrogens is 468 g/mol. The van der Waals surface area contributed by atoms with Crippen molar-refractivity contribution in [2.75, 3.05) is 21.1 Å². The molecule has 2 aliphatic heterocycles. The highest BCUT2D eigenvalue weighted by molar-refractivity contribution is 6.14. The number of nitrogens with zero attached hydrogens (tertiary/aromatic N) is 4. The van der Waals surface area contributed by atoms with Crippen LogP contribution in [0.2, 0.25) is 0 Å². The number of aliphatic imine (C=N–C) groups is 1. The van der Waals surface area contributed by atoms with Crippen molar-refractivity contribution in [2.45, 2.75) is 23.4 Å². The fourth-order valence-corrected chi connectivity index (χ4v) is 6.89. The van der Waals surface area contributed by atoms with E-state index in [4.69, 9.17) is 16.1 Å². The van der Waals surface area contributed by atoms with Crippen molar-refractivity contribution in [1.29, 1.82) is 5.41 Å². The molecule has 2 amide bonds. The molecular formula is C27H26N8O2. The van der Waals surface area contributed by atoms with Crippen LogP contribution < -0.4 is 5.73 Å². The molecule has 186 valence electrons. The maximum Gasteiger partial charge on any atom is 0.261 e. The van der Waals surface area contributed by atoms with Gasteiger partial charge in [0.05, 0.1) is 11.6 Å². The van der Waals surface area contributed by atoms with Crippen molar-refractivity contribution in [3.05, 3.63) is 71.5 Å². The second-order valence-electron chi connectivity index (χ2n) is 10.2. The van der Waals surface area contributed by atoms with Gasteiger partial charge in [0.1, 0.15) is 0 Å². The number of hydrogen-bond donors (Lipinski definition) is 4. The molecule has 3 unspecified atom stereocenters. The SMILES string of the molecule is CN1C(=N)N(C)C2(C1=O)c1[nH]c3ccccc3c1CC1(N=C(N)N(C)C1=O)C2c1c[nH]c2ccccc12. The normalized spacial score (nSPS) is 27.4. The molecule has 7 rings (SSSR count). The molecule has 10 heteroatoms. The van der Waals surface area contributed by atoms with Crippen LogP contribution >= 0.6 is 0 Å². The molecule has 2 spiro atoms. The summed E-state index contributed by atoms with van der Waals surface area (Å²) in [5.74, 6) is -1.18. The van der Waals surface area contributed by atoms with E-state index < -0.39 is 17.0 Å². The number of carbonyl (C=O) groups excluding carboxylic acids is 2. The van der Waals surface area contributed by atoms with Crippen LogP contribution in [0.25, 0.3) is 21.8 Å². The fraction of sp³-hybridized carbons (Fsp3) is 0.259. The van der Waals surface area contributed by atoms with Crippen LogP contribution in [0.3, 0.4) is 0 Å². The first-order valence-corrected chi connectivity index (χ1v) is 12.1. The number of likely N-dealkylation sites (N-methyl/N-ethyl adjacent to an activating group) is 3. The lowest BCUT2D eigenvalue weighted by Crippen LogP contribution is -2.63. The highest BCUT2D eigenvalue weighted by atomic mass is 16.2. The van der Waals surface area contributed by atoms with E-state index in [0.717, 1.165) is 32.9 Å². The van der Waals surface area contributed by atoms with Crippen LogP contribution in [0.5, 0.6) is 0 Å². The van der Waals surface area contributed by atoms with E-state index in [1.807, 2.05) is 54.7 Å². The predicted octanol–water partition coefficient (Wildman–Crippen LogP) is 2.05. The van der Waals surface area contributed by atoms with Gasteiger partial charge in [0.2, 0.25) is 5.96 Å². The lowest BCUT2D eigenvalue weighted by atomic mass is 9.58. The third-order valence-electron chi connectivity index (χ3n) is 8.60. The number of hydrogen-bond acceptors (Lipinski definition) is 5. The number of fused-ring (bicyclic) bond motifs is 5. The van der Waals surface area contributed by atoms with Crippen LogP contribution in [-0.2, 0) is 21.5 Å². The number of aromatic amines is 2. The topological polar surface area (TPSA) is 138 Å². The van der Waals surface area contributed by atoms with Crippen LogP contribution in [0.1, 0.15) is 22.7 Å². The summed E-state index contributed by atoms with van der Waals surface area (Å²) in [7, 11) is 4.97. The molecule has 2 aromatic heterocycles. The maximum atomic E-state index is 14.5.